The zero-order valence-electron chi connectivity index (χ0n) is 28.8. The third-order valence-electron chi connectivity index (χ3n) is 9.01. The van der Waals surface area contributed by atoms with Crippen LogP contribution >= 0.6 is 11.3 Å². The molecule has 7 rings (SSSR count). The smallest absolute Gasteiger partial charge is 0 e. The van der Waals surface area contributed by atoms with Crippen molar-refractivity contribution < 1.29 is 20.1 Å². The van der Waals surface area contributed by atoms with Gasteiger partial charge in [-0.15, -0.1) is 17.7 Å². The molecule has 0 aliphatic heterocycles. The second-order valence-corrected chi connectivity index (χ2v) is 25.3. The SMILES string of the molecule is CC(C)C(C)c1ccnc(-c2[c-]cc(-c3ccccc3)c3c2sc2ccccc23)c1.Cc1cc(-c2[c-]cccc2)nc[c]1[Ge]([CH3])([CH3])[CH3].[Ir]. The maximum atomic E-state index is 4.75. The monoisotopic (exact) mass is 885 g/mol. The van der Waals surface area contributed by atoms with E-state index in [0.717, 1.165) is 22.5 Å². The summed E-state index contributed by atoms with van der Waals surface area (Å²) in [6.07, 6.45) is 4.02. The van der Waals surface area contributed by atoms with Gasteiger partial charge in [0.15, 0.2) is 0 Å². The molecule has 2 nitrogen and oxygen atoms in total. The molecule has 7 aromatic rings. The van der Waals surface area contributed by atoms with Crippen molar-refractivity contribution in [1.82, 2.24) is 9.97 Å². The molecule has 0 bridgehead atoms. The molecule has 0 N–H and O–H groups in total. The predicted octanol–water partition coefficient (Wildman–Crippen LogP) is 11.7. The molecule has 1 atom stereocenters. The molecule has 245 valence electrons. The second kappa shape index (κ2) is 15.4. The maximum Gasteiger partial charge on any atom is 0 e. The van der Waals surface area contributed by atoms with E-state index in [1.807, 2.05) is 35.7 Å². The number of aryl methyl sites for hydroxylation is 1. The van der Waals surface area contributed by atoms with E-state index in [9.17, 15) is 0 Å². The number of pyridine rings is 2. The Morgan fingerprint density at radius 1 is 0.771 bits per heavy atom. The largest absolute Gasteiger partial charge is 0 e. The number of thiophene rings is 1. The molecular formula is C43H42GeIrN2S-2. The first-order valence-electron chi connectivity index (χ1n) is 16.4. The van der Waals surface area contributed by atoms with Crippen LogP contribution in [-0.2, 0) is 20.1 Å². The van der Waals surface area contributed by atoms with E-state index in [-0.39, 0.29) is 20.1 Å². The van der Waals surface area contributed by atoms with Crippen molar-refractivity contribution in [3.8, 4) is 33.6 Å². The molecule has 48 heavy (non-hydrogen) atoms. The van der Waals surface area contributed by atoms with Crippen molar-refractivity contribution >= 4 is 49.2 Å². The summed E-state index contributed by atoms with van der Waals surface area (Å²) in [7, 11) is 0. The Morgan fingerprint density at radius 3 is 2.19 bits per heavy atom. The molecule has 0 fully saturated rings. The van der Waals surface area contributed by atoms with Crippen LogP contribution in [0.25, 0.3) is 53.8 Å². The maximum absolute atomic E-state index is 4.75. The van der Waals surface area contributed by atoms with Crippen LogP contribution < -0.4 is 4.40 Å². The van der Waals surface area contributed by atoms with Crippen molar-refractivity contribution in [2.24, 2.45) is 5.92 Å². The number of fused-ring (bicyclic) bond motifs is 3. The van der Waals surface area contributed by atoms with Gasteiger partial charge in [-0.3, -0.25) is 0 Å². The van der Waals surface area contributed by atoms with Gasteiger partial charge in [0.25, 0.3) is 0 Å². The third-order valence-corrected chi connectivity index (χ3v) is 14.7. The molecule has 0 saturated carbocycles. The van der Waals surface area contributed by atoms with Crippen molar-refractivity contribution in [1.29, 1.82) is 0 Å². The van der Waals surface area contributed by atoms with Crippen LogP contribution in [0.2, 0.25) is 17.3 Å². The Morgan fingerprint density at radius 2 is 1.50 bits per heavy atom. The van der Waals surface area contributed by atoms with Crippen LogP contribution in [0.3, 0.4) is 0 Å². The van der Waals surface area contributed by atoms with E-state index in [1.54, 1.807) is 0 Å². The van der Waals surface area contributed by atoms with E-state index in [1.165, 1.54) is 46.8 Å². The predicted molar refractivity (Wildman–Crippen MR) is 206 cm³/mol. The molecule has 0 saturated heterocycles. The van der Waals surface area contributed by atoms with E-state index >= 15 is 0 Å². The van der Waals surface area contributed by atoms with Gasteiger partial charge in [0.1, 0.15) is 0 Å². The molecule has 1 radical (unpaired) electrons. The van der Waals surface area contributed by atoms with Gasteiger partial charge in [0.05, 0.1) is 0 Å². The summed E-state index contributed by atoms with van der Waals surface area (Å²) >= 11 is 0.0687. The summed E-state index contributed by atoms with van der Waals surface area (Å²) in [5.41, 5.74) is 9.38. The summed E-state index contributed by atoms with van der Waals surface area (Å²) < 4.78 is 4.06. The van der Waals surface area contributed by atoms with E-state index in [0.29, 0.717) is 11.8 Å². The second-order valence-electron chi connectivity index (χ2n) is 13.7. The van der Waals surface area contributed by atoms with E-state index < -0.39 is 13.3 Å². The normalized spacial score (nSPS) is 12.0. The van der Waals surface area contributed by atoms with Gasteiger partial charge >= 0.3 is 106 Å². The molecule has 4 aromatic carbocycles. The minimum absolute atomic E-state index is 0. The van der Waals surface area contributed by atoms with E-state index in [2.05, 4.69) is 153 Å². The average Bonchev–Trinajstić information content (AvgIpc) is 3.48. The van der Waals surface area contributed by atoms with Crippen molar-refractivity contribution in [2.45, 2.75) is 50.9 Å². The summed E-state index contributed by atoms with van der Waals surface area (Å²) in [6.45, 7) is 9.03. The van der Waals surface area contributed by atoms with Crippen LogP contribution in [0.15, 0.2) is 116 Å². The number of hydrogen-bond acceptors (Lipinski definition) is 3. The Labute approximate surface area is 306 Å². The van der Waals surface area contributed by atoms with Gasteiger partial charge in [-0.2, -0.15) is 11.3 Å². The Kier molecular flexibility index (Phi) is 11.5. The first-order chi connectivity index (χ1) is 22.6. The molecule has 3 heterocycles. The number of nitrogens with zero attached hydrogens (tertiary/aromatic N) is 2. The van der Waals surface area contributed by atoms with Gasteiger partial charge < -0.3 is 4.98 Å². The van der Waals surface area contributed by atoms with Crippen molar-refractivity contribution in [3.63, 3.8) is 0 Å². The molecule has 0 amide bonds. The number of aromatic nitrogens is 2. The molecule has 1 unspecified atom stereocenters. The standard InChI is InChI=1S/C28H24NS.C15H18GeN.Ir/c1-18(2)19(3)21-15-16-29-25(17-21)23-14-13-22(20-9-5-4-6-10-20)27-24-11-7-8-12-26(24)30-28(23)27;1-12-10-15(13-8-6-5-7-9-13)17-11-14(12)16(2,3)4;/h4-13,15-19H,1-3H3;5-8,10-11H,1-4H3;/q2*-1;. The van der Waals surface area contributed by atoms with Gasteiger partial charge in [0.2, 0.25) is 0 Å². The van der Waals surface area contributed by atoms with Crippen LogP contribution in [0.5, 0.6) is 0 Å². The van der Waals surface area contributed by atoms with Crippen molar-refractivity contribution in [2.75, 3.05) is 0 Å². The summed E-state index contributed by atoms with van der Waals surface area (Å²) in [5.74, 6) is 8.29. The van der Waals surface area contributed by atoms with Crippen molar-refractivity contribution in [3.05, 3.63) is 139 Å². The third kappa shape index (κ3) is 7.74. The molecule has 0 aliphatic carbocycles. The number of benzene rings is 4. The zero-order valence-corrected chi connectivity index (χ0v) is 34.1. The Balaban J connectivity index is 0.000000214. The first kappa shape index (κ1) is 35.9. The molecule has 0 spiro atoms. The summed E-state index contributed by atoms with van der Waals surface area (Å²) in [4.78, 5) is 9.34. The minimum Gasteiger partial charge on any atom is 0 e. The topological polar surface area (TPSA) is 25.8 Å². The van der Waals surface area contributed by atoms with Crippen LogP contribution in [0.4, 0.5) is 0 Å². The molecule has 5 heteroatoms. The molecule has 0 aliphatic rings. The fourth-order valence-electron chi connectivity index (χ4n) is 6.10. The number of rotatable bonds is 6. The number of hydrogen-bond donors (Lipinski definition) is 0. The van der Waals surface area contributed by atoms with Gasteiger partial charge in [-0.1, -0.05) is 97.4 Å². The fraction of sp³-hybridized carbons (Fsp3) is 0.209. The van der Waals surface area contributed by atoms with Crippen LogP contribution in [0, 0.1) is 25.0 Å². The first-order valence-corrected chi connectivity index (χ1v) is 24.6. The zero-order chi connectivity index (χ0) is 33.1. The Bertz CT molecular complexity index is 2130. The van der Waals surface area contributed by atoms with Gasteiger partial charge in [-0.05, 0) is 39.7 Å². The molecular weight excluding hydrogens is 841 g/mol. The van der Waals surface area contributed by atoms with Crippen LogP contribution in [-0.4, -0.2) is 23.2 Å². The van der Waals surface area contributed by atoms with Crippen LogP contribution in [0.1, 0.15) is 37.8 Å². The van der Waals surface area contributed by atoms with Gasteiger partial charge in [0, 0.05) is 31.0 Å². The minimum atomic E-state index is -1.77. The quantitative estimate of drug-likeness (QED) is 0.123. The fourth-order valence-corrected chi connectivity index (χ4v) is 10.9. The summed E-state index contributed by atoms with van der Waals surface area (Å²) in [6, 6.07) is 42.9. The Hall–Kier alpha value is -3.41. The summed E-state index contributed by atoms with van der Waals surface area (Å²) in [5, 5.41) is 2.61. The van der Waals surface area contributed by atoms with Gasteiger partial charge in [-0.25, -0.2) is 0 Å². The van der Waals surface area contributed by atoms with E-state index in [4.69, 9.17) is 4.98 Å². The molecule has 3 aromatic heterocycles. The average molecular weight is 884 g/mol.